The van der Waals surface area contributed by atoms with Crippen LogP contribution in [0.2, 0.25) is 0 Å². The van der Waals surface area contributed by atoms with Crippen molar-refractivity contribution in [1.29, 1.82) is 0 Å². The zero-order chi connectivity index (χ0) is 11.7. The Morgan fingerprint density at radius 2 is 1.50 bits per heavy atom. The highest BCUT2D eigenvalue weighted by Gasteiger charge is 2.32. The first kappa shape index (κ1) is 13.5. The number of rotatable bonds is 6. The van der Waals surface area contributed by atoms with Crippen molar-refractivity contribution in [2.75, 3.05) is 24.6 Å². The van der Waals surface area contributed by atoms with Gasteiger partial charge in [0.2, 0.25) is 12.2 Å². The van der Waals surface area contributed by atoms with Crippen LogP contribution in [0.1, 0.15) is 19.3 Å². The summed E-state index contributed by atoms with van der Waals surface area (Å²) in [5.41, 5.74) is 0. The molecule has 0 aliphatic carbocycles. The maximum Gasteiger partial charge on any atom is 0.234 e. The maximum atomic E-state index is 10.0. The molecule has 6 heteroatoms. The molecule has 0 N–H and O–H groups in total. The number of aliphatic imine (C=N–C) groups is 2. The van der Waals surface area contributed by atoms with E-state index in [1.54, 1.807) is 12.2 Å². The Morgan fingerprint density at radius 3 is 1.94 bits per heavy atom. The standard InChI is InChI=1S/C10H14N2O2S2/c13-8-11-4-2-10(3-5-12-9-14)15-6-1-7-16-10/h1-7H2. The summed E-state index contributed by atoms with van der Waals surface area (Å²) in [6.07, 6.45) is 6.02. The van der Waals surface area contributed by atoms with Crippen LogP contribution in [-0.2, 0) is 9.59 Å². The molecule has 0 atom stereocenters. The summed E-state index contributed by atoms with van der Waals surface area (Å²) in [5, 5.41) is 0. The SMILES string of the molecule is O=C=NCCC1(CCN=C=O)SCCCS1. The van der Waals surface area contributed by atoms with Gasteiger partial charge in [0.1, 0.15) is 0 Å². The van der Waals surface area contributed by atoms with Gasteiger partial charge in [0.05, 0.1) is 17.2 Å². The second-order valence-electron chi connectivity index (χ2n) is 3.41. The summed E-state index contributed by atoms with van der Waals surface area (Å²) in [6.45, 7) is 1.02. The van der Waals surface area contributed by atoms with Gasteiger partial charge in [0.25, 0.3) is 0 Å². The lowest BCUT2D eigenvalue weighted by atomic mass is 10.2. The fourth-order valence-electron chi connectivity index (χ4n) is 1.57. The van der Waals surface area contributed by atoms with Gasteiger partial charge in [-0.1, -0.05) is 0 Å². The molecule has 0 aromatic carbocycles. The van der Waals surface area contributed by atoms with E-state index >= 15 is 0 Å². The summed E-state index contributed by atoms with van der Waals surface area (Å²) < 4.78 is 0.0684. The number of hydrogen-bond acceptors (Lipinski definition) is 6. The van der Waals surface area contributed by atoms with Gasteiger partial charge in [-0.25, -0.2) is 19.6 Å². The van der Waals surface area contributed by atoms with Crippen LogP contribution in [0, 0.1) is 0 Å². The Kier molecular flexibility index (Phi) is 6.50. The van der Waals surface area contributed by atoms with E-state index in [0.717, 1.165) is 24.3 Å². The molecule has 1 heterocycles. The van der Waals surface area contributed by atoms with E-state index in [1.807, 2.05) is 23.5 Å². The van der Waals surface area contributed by atoms with Crippen molar-refractivity contribution < 1.29 is 9.59 Å². The summed E-state index contributed by atoms with van der Waals surface area (Å²) in [4.78, 5) is 27.3. The Morgan fingerprint density at radius 1 is 1.00 bits per heavy atom. The first-order valence-electron chi connectivity index (χ1n) is 5.18. The molecule has 0 spiro atoms. The van der Waals surface area contributed by atoms with Crippen molar-refractivity contribution in [1.82, 2.24) is 0 Å². The fraction of sp³-hybridized carbons (Fsp3) is 0.800. The van der Waals surface area contributed by atoms with E-state index in [0.29, 0.717) is 13.1 Å². The van der Waals surface area contributed by atoms with Crippen LogP contribution >= 0.6 is 23.5 Å². The molecule has 0 bridgehead atoms. The lowest BCUT2D eigenvalue weighted by Crippen LogP contribution is -2.27. The third kappa shape index (κ3) is 4.54. The minimum Gasteiger partial charge on any atom is -0.211 e. The van der Waals surface area contributed by atoms with E-state index in [-0.39, 0.29) is 4.08 Å². The average molecular weight is 258 g/mol. The van der Waals surface area contributed by atoms with Crippen molar-refractivity contribution >= 4 is 35.7 Å². The summed E-state index contributed by atoms with van der Waals surface area (Å²) in [7, 11) is 0. The van der Waals surface area contributed by atoms with Crippen molar-refractivity contribution in [2.24, 2.45) is 9.98 Å². The van der Waals surface area contributed by atoms with Gasteiger partial charge in [0, 0.05) is 0 Å². The Balaban J connectivity index is 2.51. The molecule has 0 saturated carbocycles. The molecule has 0 aromatic heterocycles. The number of carbonyl (C=O) groups excluding carboxylic acids is 2. The molecule has 16 heavy (non-hydrogen) atoms. The third-order valence-corrected chi connectivity index (χ3v) is 5.92. The van der Waals surface area contributed by atoms with Gasteiger partial charge in [-0.05, 0) is 30.8 Å². The predicted molar refractivity (Wildman–Crippen MR) is 67.5 cm³/mol. The molecule has 1 rings (SSSR count). The molecule has 0 unspecified atom stereocenters. The van der Waals surface area contributed by atoms with Gasteiger partial charge < -0.3 is 0 Å². The topological polar surface area (TPSA) is 58.9 Å². The number of hydrogen-bond donors (Lipinski definition) is 0. The van der Waals surface area contributed by atoms with Crippen LogP contribution in [0.5, 0.6) is 0 Å². The van der Waals surface area contributed by atoms with E-state index in [4.69, 9.17) is 0 Å². The van der Waals surface area contributed by atoms with E-state index in [9.17, 15) is 9.59 Å². The molecule has 0 aromatic rings. The average Bonchev–Trinajstić information content (AvgIpc) is 2.31. The summed E-state index contributed by atoms with van der Waals surface area (Å²) in [6, 6.07) is 0. The molecule has 88 valence electrons. The molecule has 1 fully saturated rings. The second-order valence-corrected chi connectivity index (χ2v) is 6.62. The summed E-state index contributed by atoms with van der Waals surface area (Å²) in [5.74, 6) is 2.26. The monoisotopic (exact) mass is 258 g/mol. The van der Waals surface area contributed by atoms with Gasteiger partial charge >= 0.3 is 0 Å². The van der Waals surface area contributed by atoms with Crippen LogP contribution in [0.15, 0.2) is 9.98 Å². The van der Waals surface area contributed by atoms with Crippen LogP contribution < -0.4 is 0 Å². The highest BCUT2D eigenvalue weighted by molar-refractivity contribution is 8.18. The Labute approximate surface area is 103 Å². The maximum absolute atomic E-state index is 10.0. The Bertz CT molecular complexity index is 280. The smallest absolute Gasteiger partial charge is 0.211 e. The molecular formula is C10H14N2O2S2. The van der Waals surface area contributed by atoms with Crippen LogP contribution in [-0.4, -0.2) is 40.8 Å². The van der Waals surface area contributed by atoms with Crippen molar-refractivity contribution in [2.45, 2.75) is 23.3 Å². The van der Waals surface area contributed by atoms with Crippen molar-refractivity contribution in [3.63, 3.8) is 0 Å². The van der Waals surface area contributed by atoms with Gasteiger partial charge in [-0.15, -0.1) is 23.5 Å². The predicted octanol–water partition coefficient (Wildman–Crippen LogP) is 2.00. The molecule has 0 radical (unpaired) electrons. The molecular weight excluding hydrogens is 244 g/mol. The van der Waals surface area contributed by atoms with Crippen molar-refractivity contribution in [3.05, 3.63) is 0 Å². The van der Waals surface area contributed by atoms with Crippen LogP contribution in [0.25, 0.3) is 0 Å². The highest BCUT2D eigenvalue weighted by atomic mass is 32.2. The molecule has 1 saturated heterocycles. The molecule has 4 nitrogen and oxygen atoms in total. The zero-order valence-electron chi connectivity index (χ0n) is 8.98. The van der Waals surface area contributed by atoms with Gasteiger partial charge in [-0.2, -0.15) is 0 Å². The lowest BCUT2D eigenvalue weighted by molar-refractivity contribution is 0.559. The first-order chi connectivity index (χ1) is 7.83. The van der Waals surface area contributed by atoms with Crippen molar-refractivity contribution in [3.8, 4) is 0 Å². The Hall–Kier alpha value is -0.540. The highest BCUT2D eigenvalue weighted by Crippen LogP contribution is 2.47. The number of thioether (sulfide) groups is 2. The van der Waals surface area contributed by atoms with Gasteiger partial charge in [-0.3, -0.25) is 0 Å². The molecule has 1 aliphatic rings. The first-order valence-corrected chi connectivity index (χ1v) is 7.15. The molecule has 0 amide bonds. The largest absolute Gasteiger partial charge is 0.234 e. The van der Waals surface area contributed by atoms with E-state index in [2.05, 4.69) is 9.98 Å². The summed E-state index contributed by atoms with van der Waals surface area (Å²) >= 11 is 3.79. The number of nitrogens with zero attached hydrogens (tertiary/aromatic N) is 2. The fourth-order valence-corrected chi connectivity index (χ4v) is 4.85. The van der Waals surface area contributed by atoms with E-state index < -0.39 is 0 Å². The van der Waals surface area contributed by atoms with E-state index in [1.165, 1.54) is 6.42 Å². The lowest BCUT2D eigenvalue weighted by Gasteiger charge is -2.35. The number of isocyanates is 2. The minimum absolute atomic E-state index is 0.0684. The minimum atomic E-state index is 0.0684. The zero-order valence-corrected chi connectivity index (χ0v) is 10.6. The normalized spacial score (nSPS) is 18.2. The van der Waals surface area contributed by atoms with Crippen LogP contribution in [0.3, 0.4) is 0 Å². The second kappa shape index (κ2) is 7.69. The van der Waals surface area contributed by atoms with Gasteiger partial charge in [0.15, 0.2) is 0 Å². The quantitative estimate of drug-likeness (QED) is 0.540. The third-order valence-electron chi connectivity index (χ3n) is 2.36. The molecule has 1 aliphatic heterocycles. The van der Waals surface area contributed by atoms with Crippen LogP contribution in [0.4, 0.5) is 0 Å².